The summed E-state index contributed by atoms with van der Waals surface area (Å²) in [5, 5.41) is 7.82. The molecule has 0 amide bonds. The summed E-state index contributed by atoms with van der Waals surface area (Å²) >= 11 is 0. The van der Waals surface area contributed by atoms with E-state index in [1.807, 2.05) is 12.1 Å². The number of hydrogen-bond donors (Lipinski definition) is 3. The number of anilines is 1. The van der Waals surface area contributed by atoms with Crippen molar-refractivity contribution in [3.63, 3.8) is 0 Å². The third-order valence-corrected chi connectivity index (χ3v) is 4.95. The van der Waals surface area contributed by atoms with Gasteiger partial charge in [0.15, 0.2) is 5.65 Å². The van der Waals surface area contributed by atoms with Gasteiger partial charge in [0.1, 0.15) is 4.90 Å². The lowest BCUT2D eigenvalue weighted by Crippen LogP contribution is -2.11. The third-order valence-electron chi connectivity index (χ3n) is 3.59. The topological polar surface area (TPSA) is 104 Å². The lowest BCUT2D eigenvalue weighted by Gasteiger charge is -2.05. The van der Waals surface area contributed by atoms with Crippen molar-refractivity contribution in [2.45, 2.75) is 4.90 Å². The SMILES string of the molecule is O=S(=O)(Nc1ccccc1)c1c[nH]c(-c2[nH]nc3ncccc23)c1. The molecule has 3 heterocycles. The summed E-state index contributed by atoms with van der Waals surface area (Å²) in [5.74, 6) is 0. The average Bonchev–Trinajstić information content (AvgIpc) is 3.22. The van der Waals surface area contributed by atoms with Crippen LogP contribution in [0.1, 0.15) is 0 Å². The fourth-order valence-corrected chi connectivity index (χ4v) is 3.50. The van der Waals surface area contributed by atoms with Crippen molar-refractivity contribution in [1.82, 2.24) is 20.2 Å². The normalized spacial score (nSPS) is 11.7. The van der Waals surface area contributed by atoms with Crippen LogP contribution < -0.4 is 4.72 Å². The van der Waals surface area contributed by atoms with Crippen LogP contribution in [-0.2, 0) is 10.0 Å². The van der Waals surface area contributed by atoms with E-state index < -0.39 is 10.0 Å². The van der Waals surface area contributed by atoms with E-state index in [-0.39, 0.29) is 4.90 Å². The summed E-state index contributed by atoms with van der Waals surface area (Å²) in [5.41, 5.74) is 2.41. The van der Waals surface area contributed by atoms with Crippen molar-refractivity contribution in [3.05, 3.63) is 60.9 Å². The largest absolute Gasteiger partial charge is 0.359 e. The highest BCUT2D eigenvalue weighted by Gasteiger charge is 2.18. The van der Waals surface area contributed by atoms with E-state index in [2.05, 4.69) is 24.9 Å². The lowest BCUT2D eigenvalue weighted by molar-refractivity contribution is 0.601. The van der Waals surface area contributed by atoms with Crippen LogP contribution in [0.5, 0.6) is 0 Å². The molecule has 120 valence electrons. The Labute approximate surface area is 137 Å². The number of aromatic amines is 2. The molecule has 24 heavy (non-hydrogen) atoms. The van der Waals surface area contributed by atoms with E-state index >= 15 is 0 Å². The van der Waals surface area contributed by atoms with Gasteiger partial charge in [-0.25, -0.2) is 13.4 Å². The first kappa shape index (κ1) is 14.5. The summed E-state index contributed by atoms with van der Waals surface area (Å²) in [6.45, 7) is 0. The van der Waals surface area contributed by atoms with Crippen molar-refractivity contribution >= 4 is 26.7 Å². The van der Waals surface area contributed by atoms with E-state index in [9.17, 15) is 8.42 Å². The van der Waals surface area contributed by atoms with Crippen LogP contribution in [0.25, 0.3) is 22.4 Å². The van der Waals surface area contributed by atoms with Crippen LogP contribution in [-0.4, -0.2) is 28.6 Å². The number of para-hydroxylation sites is 1. The van der Waals surface area contributed by atoms with Crippen LogP contribution >= 0.6 is 0 Å². The minimum Gasteiger partial charge on any atom is -0.359 e. The number of nitrogens with one attached hydrogen (secondary N) is 3. The number of fused-ring (bicyclic) bond motifs is 1. The molecule has 3 N–H and O–H groups in total. The molecule has 0 saturated carbocycles. The molecule has 3 aromatic heterocycles. The molecule has 7 nitrogen and oxygen atoms in total. The molecule has 0 spiro atoms. The van der Waals surface area contributed by atoms with Crippen LogP contribution in [0.2, 0.25) is 0 Å². The Morgan fingerprint density at radius 2 is 1.88 bits per heavy atom. The zero-order valence-corrected chi connectivity index (χ0v) is 13.2. The molecule has 0 bridgehead atoms. The quantitative estimate of drug-likeness (QED) is 0.532. The number of sulfonamides is 1. The number of rotatable bonds is 4. The highest BCUT2D eigenvalue weighted by Crippen LogP contribution is 2.26. The second kappa shape index (κ2) is 5.50. The molecule has 0 aliphatic rings. The highest BCUT2D eigenvalue weighted by molar-refractivity contribution is 7.92. The van der Waals surface area contributed by atoms with Gasteiger partial charge in [-0.2, -0.15) is 5.10 Å². The first-order valence-electron chi connectivity index (χ1n) is 7.19. The maximum atomic E-state index is 12.5. The molecule has 0 atom stereocenters. The summed E-state index contributed by atoms with van der Waals surface area (Å²) in [7, 11) is -3.67. The van der Waals surface area contributed by atoms with Gasteiger partial charge in [-0.3, -0.25) is 9.82 Å². The van der Waals surface area contributed by atoms with Crippen molar-refractivity contribution in [1.29, 1.82) is 0 Å². The van der Waals surface area contributed by atoms with Crippen LogP contribution in [0.15, 0.2) is 65.8 Å². The smallest absolute Gasteiger partial charge is 0.263 e. The number of nitrogens with zero attached hydrogens (tertiary/aromatic N) is 2. The molecular formula is C16H13N5O2S. The molecule has 4 aromatic rings. The van der Waals surface area contributed by atoms with Crippen LogP contribution in [0.3, 0.4) is 0 Å². The second-order valence-corrected chi connectivity index (χ2v) is 6.88. The fourth-order valence-electron chi connectivity index (χ4n) is 2.45. The van der Waals surface area contributed by atoms with E-state index in [0.29, 0.717) is 22.7 Å². The van der Waals surface area contributed by atoms with Crippen LogP contribution in [0, 0.1) is 0 Å². The van der Waals surface area contributed by atoms with Gasteiger partial charge in [0, 0.05) is 23.5 Å². The van der Waals surface area contributed by atoms with Crippen LogP contribution in [0.4, 0.5) is 5.69 Å². The summed E-state index contributed by atoms with van der Waals surface area (Å²) < 4.78 is 27.5. The molecule has 0 fully saturated rings. The Morgan fingerprint density at radius 3 is 2.71 bits per heavy atom. The molecule has 4 rings (SSSR count). The van der Waals surface area contributed by atoms with E-state index in [4.69, 9.17) is 0 Å². The summed E-state index contributed by atoms with van der Waals surface area (Å²) in [6, 6.07) is 14.0. The minimum absolute atomic E-state index is 0.146. The van der Waals surface area contributed by atoms with Crippen molar-refractivity contribution in [2.75, 3.05) is 4.72 Å². The van der Waals surface area contributed by atoms with Gasteiger partial charge in [0.2, 0.25) is 0 Å². The monoisotopic (exact) mass is 339 g/mol. The average molecular weight is 339 g/mol. The Morgan fingerprint density at radius 1 is 1.04 bits per heavy atom. The zero-order valence-electron chi connectivity index (χ0n) is 12.4. The summed E-state index contributed by atoms with van der Waals surface area (Å²) in [6.07, 6.45) is 3.10. The van der Waals surface area contributed by atoms with E-state index in [0.717, 1.165) is 5.39 Å². The minimum atomic E-state index is -3.67. The Balaban J connectivity index is 1.70. The third kappa shape index (κ3) is 2.52. The Kier molecular flexibility index (Phi) is 3.31. The molecule has 1 aromatic carbocycles. The van der Waals surface area contributed by atoms with E-state index in [1.54, 1.807) is 42.6 Å². The molecule has 0 unspecified atom stereocenters. The van der Waals surface area contributed by atoms with Gasteiger partial charge in [0.05, 0.1) is 11.4 Å². The molecule has 0 saturated heterocycles. The predicted molar refractivity (Wildman–Crippen MR) is 90.9 cm³/mol. The molecule has 8 heteroatoms. The standard InChI is InChI=1S/C16H13N5O2S/c22-24(23,21-11-5-2-1-3-6-11)12-9-14(18-10-12)15-13-7-4-8-17-16(13)20-19-15/h1-10,18,21H,(H,17,19,20). The first-order valence-corrected chi connectivity index (χ1v) is 8.67. The van der Waals surface area contributed by atoms with E-state index in [1.165, 1.54) is 6.20 Å². The number of hydrogen-bond acceptors (Lipinski definition) is 4. The number of H-pyrrole nitrogens is 2. The first-order chi connectivity index (χ1) is 11.6. The van der Waals surface area contributed by atoms with Gasteiger partial charge in [-0.15, -0.1) is 0 Å². The number of aromatic nitrogens is 4. The van der Waals surface area contributed by atoms with Gasteiger partial charge in [-0.05, 0) is 30.3 Å². The molecule has 0 radical (unpaired) electrons. The van der Waals surface area contributed by atoms with Gasteiger partial charge < -0.3 is 4.98 Å². The number of benzene rings is 1. The highest BCUT2D eigenvalue weighted by atomic mass is 32.2. The van der Waals surface area contributed by atoms with Gasteiger partial charge >= 0.3 is 0 Å². The fraction of sp³-hybridized carbons (Fsp3) is 0. The van der Waals surface area contributed by atoms with Gasteiger partial charge in [0.25, 0.3) is 10.0 Å². The number of pyridine rings is 1. The molecule has 0 aliphatic carbocycles. The Hall–Kier alpha value is -3.13. The van der Waals surface area contributed by atoms with Crippen molar-refractivity contribution in [3.8, 4) is 11.4 Å². The lowest BCUT2D eigenvalue weighted by atomic mass is 10.2. The predicted octanol–water partition coefficient (Wildman–Crippen LogP) is 2.75. The van der Waals surface area contributed by atoms with Crippen molar-refractivity contribution in [2.24, 2.45) is 0 Å². The summed E-state index contributed by atoms with van der Waals surface area (Å²) in [4.78, 5) is 7.27. The van der Waals surface area contributed by atoms with Gasteiger partial charge in [-0.1, -0.05) is 18.2 Å². The zero-order chi connectivity index (χ0) is 16.6. The Bertz CT molecular complexity index is 1100. The second-order valence-electron chi connectivity index (χ2n) is 5.19. The maximum Gasteiger partial charge on any atom is 0.263 e. The molecule has 0 aliphatic heterocycles. The van der Waals surface area contributed by atoms with Crippen molar-refractivity contribution < 1.29 is 8.42 Å². The molecular weight excluding hydrogens is 326 g/mol. The maximum absolute atomic E-state index is 12.5.